The minimum absolute atomic E-state index is 0.0252. The van der Waals surface area contributed by atoms with Gasteiger partial charge in [0.05, 0.1) is 6.61 Å². The Morgan fingerprint density at radius 1 is 1.29 bits per heavy atom. The van der Waals surface area contributed by atoms with Gasteiger partial charge in [0.2, 0.25) is 0 Å². The van der Waals surface area contributed by atoms with Gasteiger partial charge >= 0.3 is 0 Å². The van der Waals surface area contributed by atoms with E-state index in [1.54, 1.807) is 0 Å². The number of aliphatic hydroxyl groups excluding tert-OH is 2. The van der Waals surface area contributed by atoms with E-state index in [-0.39, 0.29) is 13.2 Å². The summed E-state index contributed by atoms with van der Waals surface area (Å²) >= 11 is 0. The van der Waals surface area contributed by atoms with Crippen molar-refractivity contribution in [1.29, 1.82) is 0 Å². The minimum atomic E-state index is 0.0252. The number of nitrogens with zero attached hydrogens (tertiary/aromatic N) is 2. The van der Waals surface area contributed by atoms with Crippen molar-refractivity contribution in [2.75, 3.05) is 18.1 Å². The number of hydrogen-bond acceptors (Lipinski definition) is 4. The zero-order valence-corrected chi connectivity index (χ0v) is 10.8. The predicted molar refractivity (Wildman–Crippen MR) is 69.1 cm³/mol. The lowest BCUT2D eigenvalue weighted by Gasteiger charge is -2.28. The molecule has 1 rings (SSSR count). The van der Waals surface area contributed by atoms with Crippen molar-refractivity contribution in [2.24, 2.45) is 0 Å². The molecule has 96 valence electrons. The summed E-state index contributed by atoms with van der Waals surface area (Å²) in [7, 11) is 0. The minimum Gasteiger partial charge on any atom is -0.396 e. The maximum absolute atomic E-state index is 9.11. The lowest BCUT2D eigenvalue weighted by molar-refractivity contribution is 0.280. The lowest BCUT2D eigenvalue weighted by atomic mass is 10.2. The number of pyridine rings is 1. The average molecular weight is 238 g/mol. The molecule has 0 fully saturated rings. The maximum atomic E-state index is 9.11. The molecule has 0 unspecified atom stereocenters. The molecule has 0 atom stereocenters. The predicted octanol–water partition coefficient (Wildman–Crippen LogP) is 1.48. The molecule has 0 aromatic carbocycles. The molecule has 0 spiro atoms. The van der Waals surface area contributed by atoms with E-state index in [4.69, 9.17) is 10.2 Å². The smallest absolute Gasteiger partial charge is 0.129 e. The van der Waals surface area contributed by atoms with Crippen molar-refractivity contribution in [3.8, 4) is 0 Å². The summed E-state index contributed by atoms with van der Waals surface area (Å²) in [5.41, 5.74) is 1.72. The highest BCUT2D eigenvalue weighted by Crippen LogP contribution is 2.17. The van der Waals surface area contributed by atoms with Crippen LogP contribution in [0.2, 0.25) is 0 Å². The van der Waals surface area contributed by atoms with Crippen LogP contribution < -0.4 is 4.90 Å². The number of rotatable bonds is 6. The van der Waals surface area contributed by atoms with Gasteiger partial charge in [0.25, 0.3) is 0 Å². The Balaban J connectivity index is 2.90. The summed E-state index contributed by atoms with van der Waals surface area (Å²) in [5, 5.41) is 18.0. The van der Waals surface area contributed by atoms with Crippen LogP contribution in [0.15, 0.2) is 12.1 Å². The molecule has 1 aromatic rings. The van der Waals surface area contributed by atoms with Crippen LogP contribution in [0.25, 0.3) is 0 Å². The zero-order valence-electron chi connectivity index (χ0n) is 10.8. The summed E-state index contributed by atoms with van der Waals surface area (Å²) in [4.78, 5) is 6.66. The van der Waals surface area contributed by atoms with Crippen molar-refractivity contribution in [1.82, 2.24) is 4.98 Å². The van der Waals surface area contributed by atoms with Crippen LogP contribution >= 0.6 is 0 Å². The molecule has 1 heterocycles. The topological polar surface area (TPSA) is 56.6 Å². The molecule has 0 aliphatic carbocycles. The first kappa shape index (κ1) is 13.9. The van der Waals surface area contributed by atoms with Crippen molar-refractivity contribution in [2.45, 2.75) is 39.8 Å². The first-order valence-electron chi connectivity index (χ1n) is 6.05. The van der Waals surface area contributed by atoms with Crippen LogP contribution in [0.1, 0.15) is 31.5 Å². The number of aryl methyl sites for hydroxylation is 1. The van der Waals surface area contributed by atoms with Crippen LogP contribution in [0.5, 0.6) is 0 Å². The molecule has 4 nitrogen and oxygen atoms in total. The maximum Gasteiger partial charge on any atom is 0.129 e. The molecule has 17 heavy (non-hydrogen) atoms. The quantitative estimate of drug-likeness (QED) is 0.788. The SMILES string of the molecule is Cc1nc(N(CCCO)C(C)C)ccc1CO. The van der Waals surface area contributed by atoms with Gasteiger partial charge in [0.15, 0.2) is 0 Å². The van der Waals surface area contributed by atoms with Crippen LogP contribution in [0.3, 0.4) is 0 Å². The second-order valence-corrected chi connectivity index (χ2v) is 4.44. The molecular formula is C13H22N2O2. The summed E-state index contributed by atoms with van der Waals surface area (Å²) in [6.07, 6.45) is 0.737. The monoisotopic (exact) mass is 238 g/mol. The van der Waals surface area contributed by atoms with Gasteiger partial charge in [0, 0.05) is 24.9 Å². The Kier molecular flexibility index (Phi) is 5.38. The normalized spacial score (nSPS) is 10.9. The molecule has 0 saturated heterocycles. The molecule has 0 aliphatic rings. The van der Waals surface area contributed by atoms with Gasteiger partial charge < -0.3 is 15.1 Å². The Morgan fingerprint density at radius 3 is 2.47 bits per heavy atom. The van der Waals surface area contributed by atoms with Crippen molar-refractivity contribution in [3.05, 3.63) is 23.4 Å². The van der Waals surface area contributed by atoms with E-state index in [2.05, 4.69) is 23.7 Å². The largest absolute Gasteiger partial charge is 0.396 e. The van der Waals surface area contributed by atoms with Gasteiger partial charge in [-0.25, -0.2) is 4.98 Å². The van der Waals surface area contributed by atoms with Crippen LogP contribution in [-0.4, -0.2) is 34.4 Å². The third kappa shape index (κ3) is 3.68. The van der Waals surface area contributed by atoms with E-state index in [0.29, 0.717) is 6.04 Å². The molecule has 2 N–H and O–H groups in total. The molecule has 0 bridgehead atoms. The van der Waals surface area contributed by atoms with Crippen LogP contribution in [0.4, 0.5) is 5.82 Å². The number of aliphatic hydroxyl groups is 2. The van der Waals surface area contributed by atoms with Gasteiger partial charge in [-0.3, -0.25) is 0 Å². The van der Waals surface area contributed by atoms with Gasteiger partial charge in [-0.15, -0.1) is 0 Å². The van der Waals surface area contributed by atoms with E-state index in [9.17, 15) is 0 Å². The summed E-state index contributed by atoms with van der Waals surface area (Å²) in [5.74, 6) is 0.906. The Hall–Kier alpha value is -1.13. The van der Waals surface area contributed by atoms with Gasteiger partial charge in [-0.1, -0.05) is 6.07 Å². The zero-order chi connectivity index (χ0) is 12.8. The Bertz CT molecular complexity index is 353. The second kappa shape index (κ2) is 6.57. The van der Waals surface area contributed by atoms with Crippen LogP contribution in [0, 0.1) is 6.92 Å². The van der Waals surface area contributed by atoms with E-state index >= 15 is 0 Å². The first-order valence-corrected chi connectivity index (χ1v) is 6.05. The molecule has 1 aromatic heterocycles. The van der Waals surface area contributed by atoms with Gasteiger partial charge in [-0.2, -0.15) is 0 Å². The van der Waals surface area contributed by atoms with E-state index in [0.717, 1.165) is 30.0 Å². The molecule has 0 radical (unpaired) electrons. The lowest BCUT2D eigenvalue weighted by Crippen LogP contribution is -2.33. The average Bonchev–Trinajstić information content (AvgIpc) is 2.29. The second-order valence-electron chi connectivity index (χ2n) is 4.44. The highest BCUT2D eigenvalue weighted by Gasteiger charge is 2.12. The molecule has 0 amide bonds. The molecule has 0 saturated carbocycles. The Morgan fingerprint density at radius 2 is 2.00 bits per heavy atom. The highest BCUT2D eigenvalue weighted by atomic mass is 16.3. The summed E-state index contributed by atoms with van der Waals surface area (Å²) < 4.78 is 0. The van der Waals surface area contributed by atoms with E-state index < -0.39 is 0 Å². The van der Waals surface area contributed by atoms with Crippen LogP contribution in [-0.2, 0) is 6.61 Å². The summed E-state index contributed by atoms with van der Waals surface area (Å²) in [6.45, 7) is 7.12. The summed E-state index contributed by atoms with van der Waals surface area (Å²) in [6, 6.07) is 4.18. The third-order valence-corrected chi connectivity index (χ3v) is 2.83. The number of hydrogen-bond donors (Lipinski definition) is 2. The van der Waals surface area contributed by atoms with Crippen molar-refractivity contribution < 1.29 is 10.2 Å². The first-order chi connectivity index (χ1) is 8.10. The van der Waals surface area contributed by atoms with E-state index in [1.807, 2.05) is 19.1 Å². The number of anilines is 1. The highest BCUT2D eigenvalue weighted by molar-refractivity contribution is 5.42. The molecular weight excluding hydrogens is 216 g/mol. The van der Waals surface area contributed by atoms with E-state index in [1.165, 1.54) is 0 Å². The fourth-order valence-electron chi connectivity index (χ4n) is 1.78. The molecule has 0 aliphatic heterocycles. The van der Waals surface area contributed by atoms with Crippen molar-refractivity contribution >= 4 is 5.82 Å². The number of aromatic nitrogens is 1. The van der Waals surface area contributed by atoms with Crippen molar-refractivity contribution in [3.63, 3.8) is 0 Å². The van der Waals surface area contributed by atoms with Gasteiger partial charge in [-0.05, 0) is 38.8 Å². The Labute approximate surface area is 103 Å². The third-order valence-electron chi connectivity index (χ3n) is 2.83. The molecule has 4 heteroatoms. The fraction of sp³-hybridized carbons (Fsp3) is 0.615. The standard InChI is InChI=1S/C13H22N2O2/c1-10(2)15(7-4-8-16)13-6-5-12(9-17)11(3)14-13/h5-6,10,16-17H,4,7-9H2,1-3H3. The van der Waals surface area contributed by atoms with Gasteiger partial charge in [0.1, 0.15) is 5.82 Å². The fourth-order valence-corrected chi connectivity index (χ4v) is 1.78.